The van der Waals surface area contributed by atoms with Gasteiger partial charge in [0, 0.05) is 15.6 Å². The first kappa shape index (κ1) is 25.7. The smallest absolute Gasteiger partial charge is 0.266 e. The van der Waals surface area contributed by atoms with Crippen molar-refractivity contribution < 1.29 is 13.9 Å². The van der Waals surface area contributed by atoms with Crippen LogP contribution in [-0.2, 0) is 17.9 Å². The molecule has 0 spiro atoms. The number of thioether (sulfide) groups is 1. The van der Waals surface area contributed by atoms with Crippen LogP contribution in [0.25, 0.3) is 6.08 Å². The zero-order valence-electron chi connectivity index (χ0n) is 17.2. The maximum atomic E-state index is 13.2. The van der Waals surface area contributed by atoms with Crippen LogP contribution in [-0.4, -0.2) is 15.1 Å². The summed E-state index contributed by atoms with van der Waals surface area (Å²) in [5, 5.41) is 1.09. The van der Waals surface area contributed by atoms with Crippen LogP contribution in [0.3, 0.4) is 0 Å². The second-order valence-corrected chi connectivity index (χ2v) is 11.5. The summed E-state index contributed by atoms with van der Waals surface area (Å²) in [5.74, 6) is 0.0881. The lowest BCUT2D eigenvalue weighted by atomic mass is 10.2. The lowest BCUT2D eigenvalue weighted by Crippen LogP contribution is -2.27. The van der Waals surface area contributed by atoms with Crippen molar-refractivity contribution in [2.24, 2.45) is 0 Å². The highest BCUT2D eigenvalue weighted by Gasteiger charge is 2.32. The number of benzene rings is 3. The number of ether oxygens (including phenoxy) is 1. The average Bonchev–Trinajstić information content (AvgIpc) is 3.03. The molecule has 4 rings (SSSR count). The lowest BCUT2D eigenvalue weighted by Gasteiger charge is -2.14. The van der Waals surface area contributed by atoms with Crippen molar-refractivity contribution in [1.29, 1.82) is 0 Å². The molecule has 3 aromatic rings. The summed E-state index contributed by atoms with van der Waals surface area (Å²) in [6.07, 6.45) is 1.78. The SMILES string of the molecule is O=C1C(=Cc2cc(Br)c(OCc3ccc(Cl)cc3Cl)c(Br)c2)SC(=S)N1Cc1ccc(F)cc1. The van der Waals surface area contributed by atoms with E-state index in [9.17, 15) is 9.18 Å². The van der Waals surface area contributed by atoms with Crippen molar-refractivity contribution in [2.45, 2.75) is 13.2 Å². The summed E-state index contributed by atoms with van der Waals surface area (Å²) in [6, 6.07) is 15.0. The normalized spacial score (nSPS) is 14.9. The maximum Gasteiger partial charge on any atom is 0.266 e. The summed E-state index contributed by atoms with van der Waals surface area (Å²) < 4.78 is 21.0. The highest BCUT2D eigenvalue weighted by Crippen LogP contribution is 2.39. The predicted octanol–water partition coefficient (Wildman–Crippen LogP) is 8.64. The van der Waals surface area contributed by atoms with Crippen LogP contribution in [0, 0.1) is 5.82 Å². The molecule has 0 aromatic heterocycles. The second kappa shape index (κ2) is 11.1. The summed E-state index contributed by atoms with van der Waals surface area (Å²) >= 11 is 25.9. The van der Waals surface area contributed by atoms with Gasteiger partial charge in [0.25, 0.3) is 5.91 Å². The van der Waals surface area contributed by atoms with Crippen molar-refractivity contribution in [3.05, 3.63) is 101 Å². The molecular weight excluding hydrogens is 648 g/mol. The van der Waals surface area contributed by atoms with E-state index in [0.29, 0.717) is 34.0 Å². The van der Waals surface area contributed by atoms with Gasteiger partial charge >= 0.3 is 0 Å². The van der Waals surface area contributed by atoms with E-state index in [0.717, 1.165) is 16.7 Å². The number of hydrogen-bond donors (Lipinski definition) is 0. The summed E-state index contributed by atoms with van der Waals surface area (Å²) in [7, 11) is 0. The first-order valence-corrected chi connectivity index (χ1v) is 13.3. The van der Waals surface area contributed by atoms with E-state index in [-0.39, 0.29) is 24.9 Å². The molecule has 1 fully saturated rings. The molecule has 0 saturated carbocycles. The molecule has 0 atom stereocenters. The Balaban J connectivity index is 1.50. The van der Waals surface area contributed by atoms with Crippen LogP contribution < -0.4 is 4.74 Å². The minimum Gasteiger partial charge on any atom is -0.486 e. The molecule has 1 heterocycles. The highest BCUT2D eigenvalue weighted by atomic mass is 79.9. The molecule has 1 amide bonds. The van der Waals surface area contributed by atoms with Gasteiger partial charge in [0.1, 0.15) is 22.5 Å². The van der Waals surface area contributed by atoms with E-state index in [1.807, 2.05) is 18.2 Å². The molecule has 1 aliphatic heterocycles. The lowest BCUT2D eigenvalue weighted by molar-refractivity contribution is -0.122. The fourth-order valence-corrected chi connectivity index (χ4v) is 6.32. The van der Waals surface area contributed by atoms with Crippen molar-refractivity contribution in [2.75, 3.05) is 0 Å². The second-order valence-electron chi connectivity index (χ2n) is 7.23. The minimum atomic E-state index is -0.325. The van der Waals surface area contributed by atoms with Crippen molar-refractivity contribution in [3.63, 3.8) is 0 Å². The monoisotopic (exact) mass is 659 g/mol. The van der Waals surface area contributed by atoms with E-state index in [1.54, 1.807) is 30.3 Å². The number of rotatable bonds is 6. The Morgan fingerprint density at radius 2 is 1.74 bits per heavy atom. The quantitative estimate of drug-likeness (QED) is 0.195. The first-order chi connectivity index (χ1) is 16.2. The average molecular weight is 662 g/mol. The molecule has 0 bridgehead atoms. The number of nitrogens with zero attached hydrogens (tertiary/aromatic N) is 1. The summed E-state index contributed by atoms with van der Waals surface area (Å²) in [6.45, 7) is 0.546. The number of carbonyl (C=O) groups is 1. The van der Waals surface area contributed by atoms with Gasteiger partial charge in [-0.3, -0.25) is 9.69 Å². The largest absolute Gasteiger partial charge is 0.486 e. The van der Waals surface area contributed by atoms with Crippen LogP contribution in [0.15, 0.2) is 68.4 Å². The Kier molecular flexibility index (Phi) is 8.38. The molecule has 0 aliphatic carbocycles. The number of carbonyl (C=O) groups excluding carboxylic acids is 1. The van der Waals surface area contributed by atoms with Gasteiger partial charge in [-0.1, -0.05) is 65.4 Å². The van der Waals surface area contributed by atoms with Gasteiger partial charge in [0.2, 0.25) is 0 Å². The molecule has 3 aromatic carbocycles. The molecule has 1 saturated heterocycles. The molecule has 0 N–H and O–H groups in total. The van der Waals surface area contributed by atoms with Crippen LogP contribution in [0.4, 0.5) is 4.39 Å². The van der Waals surface area contributed by atoms with Crippen molar-refractivity contribution >= 4 is 95.3 Å². The number of hydrogen-bond acceptors (Lipinski definition) is 4. The Hall–Kier alpha value is -1.42. The molecule has 0 radical (unpaired) electrons. The van der Waals surface area contributed by atoms with E-state index in [1.165, 1.54) is 28.8 Å². The van der Waals surface area contributed by atoms with Crippen molar-refractivity contribution in [1.82, 2.24) is 4.90 Å². The minimum absolute atomic E-state index is 0.190. The van der Waals surface area contributed by atoms with Gasteiger partial charge in [-0.25, -0.2) is 4.39 Å². The summed E-state index contributed by atoms with van der Waals surface area (Å²) in [5.41, 5.74) is 2.39. The van der Waals surface area contributed by atoms with E-state index < -0.39 is 0 Å². The molecule has 3 nitrogen and oxygen atoms in total. The summed E-state index contributed by atoms with van der Waals surface area (Å²) in [4.78, 5) is 15.0. The molecule has 174 valence electrons. The zero-order chi connectivity index (χ0) is 24.4. The van der Waals surface area contributed by atoms with Gasteiger partial charge < -0.3 is 4.74 Å². The van der Waals surface area contributed by atoms with E-state index in [2.05, 4.69) is 31.9 Å². The van der Waals surface area contributed by atoms with E-state index in [4.69, 9.17) is 40.2 Å². The van der Waals surface area contributed by atoms with Gasteiger partial charge in [0.15, 0.2) is 0 Å². The molecule has 10 heteroatoms. The molecule has 1 aliphatic rings. The molecule has 0 unspecified atom stereocenters. The Bertz CT molecular complexity index is 1300. The van der Waals surface area contributed by atoms with Crippen LogP contribution in [0.5, 0.6) is 5.75 Å². The molecular formula is C24H14Br2Cl2FNO2S2. The van der Waals surface area contributed by atoms with Gasteiger partial charge in [0.05, 0.1) is 20.4 Å². The van der Waals surface area contributed by atoms with Crippen LogP contribution >= 0.6 is 79.0 Å². The van der Waals surface area contributed by atoms with Crippen LogP contribution in [0.1, 0.15) is 16.7 Å². The predicted molar refractivity (Wildman–Crippen MR) is 148 cm³/mol. The first-order valence-electron chi connectivity index (χ1n) is 9.77. The maximum absolute atomic E-state index is 13.2. The number of halogens is 5. The zero-order valence-corrected chi connectivity index (χ0v) is 23.5. The fraction of sp³-hybridized carbons (Fsp3) is 0.0833. The Morgan fingerprint density at radius 1 is 1.06 bits per heavy atom. The standard InChI is InChI=1S/C24H14Br2Cl2FNO2S2/c25-18-7-14(8-19(26)22(18)32-12-15-3-4-16(27)10-20(15)28)9-21-23(31)30(24(33)34-21)11-13-1-5-17(29)6-2-13/h1-10H,11-12H2. The number of amides is 1. The van der Waals surface area contributed by atoms with Gasteiger partial charge in [-0.15, -0.1) is 0 Å². The third-order valence-electron chi connectivity index (χ3n) is 4.83. The fourth-order valence-electron chi connectivity index (χ4n) is 3.15. The third-order valence-corrected chi connectivity index (χ3v) is 7.98. The van der Waals surface area contributed by atoms with Crippen molar-refractivity contribution in [3.8, 4) is 5.75 Å². The van der Waals surface area contributed by atoms with Gasteiger partial charge in [-0.05, 0) is 85.5 Å². The van der Waals surface area contributed by atoms with E-state index >= 15 is 0 Å². The third kappa shape index (κ3) is 6.04. The Morgan fingerprint density at radius 3 is 2.38 bits per heavy atom. The van der Waals surface area contributed by atoms with Crippen LogP contribution in [0.2, 0.25) is 10.0 Å². The Labute approximate surface area is 232 Å². The van der Waals surface area contributed by atoms with Gasteiger partial charge in [-0.2, -0.15) is 0 Å². The highest BCUT2D eigenvalue weighted by molar-refractivity contribution is 9.11. The topological polar surface area (TPSA) is 29.5 Å². The molecule has 34 heavy (non-hydrogen) atoms. The number of thiocarbonyl (C=S) groups is 1.